The Kier molecular flexibility index (Phi) is 1.77. The second-order valence-electron chi connectivity index (χ2n) is 2.15. The summed E-state index contributed by atoms with van der Waals surface area (Å²) in [4.78, 5) is 0. The van der Waals surface area contributed by atoms with Crippen LogP contribution in [0.1, 0.15) is 11.1 Å². The molecule has 0 saturated carbocycles. The molecule has 1 heteroatoms. The Balaban J connectivity index is 3.17. The van der Waals surface area contributed by atoms with Crippen molar-refractivity contribution in [3.8, 4) is 0 Å². The molecule has 0 aliphatic heterocycles. The molecule has 1 aromatic carbocycles. The summed E-state index contributed by atoms with van der Waals surface area (Å²) in [5, 5.41) is 0.825. The van der Waals surface area contributed by atoms with Gasteiger partial charge >= 0.3 is 0 Å². The molecule has 0 N–H and O–H groups in total. The fourth-order valence-electron chi connectivity index (χ4n) is 0.637. The van der Waals surface area contributed by atoms with E-state index in [2.05, 4.69) is 6.07 Å². The number of aryl methyl sites for hydroxylation is 2. The van der Waals surface area contributed by atoms with E-state index in [9.17, 15) is 0 Å². The van der Waals surface area contributed by atoms with Crippen molar-refractivity contribution in [3.05, 3.63) is 34.3 Å². The summed E-state index contributed by atoms with van der Waals surface area (Å²) in [6.45, 7) is 3.95. The molecule has 0 amide bonds. The van der Waals surface area contributed by atoms with Crippen LogP contribution in [0.4, 0.5) is 0 Å². The second-order valence-corrected chi connectivity index (χ2v) is 2.55. The summed E-state index contributed by atoms with van der Waals surface area (Å²) < 4.78 is 0. The van der Waals surface area contributed by atoms with Crippen molar-refractivity contribution >= 4 is 11.6 Å². The average molecular weight is 140 g/mol. The van der Waals surface area contributed by atoms with E-state index in [0.29, 0.717) is 0 Å². The Morgan fingerprint density at radius 3 is 2.56 bits per heavy atom. The SMILES string of the molecule is Cc1[c]cc(C)c(Cl)c1. The second kappa shape index (κ2) is 2.40. The monoisotopic (exact) mass is 139 g/mol. The van der Waals surface area contributed by atoms with Crippen molar-refractivity contribution < 1.29 is 0 Å². The molecule has 1 aromatic rings. The van der Waals surface area contributed by atoms with Crippen molar-refractivity contribution in [1.82, 2.24) is 0 Å². The van der Waals surface area contributed by atoms with Gasteiger partial charge < -0.3 is 0 Å². The van der Waals surface area contributed by atoms with Crippen LogP contribution < -0.4 is 0 Å². The van der Waals surface area contributed by atoms with E-state index in [4.69, 9.17) is 11.6 Å². The number of benzene rings is 1. The van der Waals surface area contributed by atoms with Crippen LogP contribution in [-0.4, -0.2) is 0 Å². The molecule has 0 aliphatic rings. The zero-order chi connectivity index (χ0) is 6.85. The van der Waals surface area contributed by atoms with Gasteiger partial charge in [-0.05, 0) is 43.2 Å². The van der Waals surface area contributed by atoms with Gasteiger partial charge in [-0.25, -0.2) is 0 Å². The average Bonchev–Trinajstić information content (AvgIpc) is 1.80. The van der Waals surface area contributed by atoms with Crippen LogP contribution in [0.5, 0.6) is 0 Å². The first-order valence-electron chi connectivity index (χ1n) is 2.84. The van der Waals surface area contributed by atoms with E-state index in [1.807, 2.05) is 26.0 Å². The first kappa shape index (κ1) is 6.63. The van der Waals surface area contributed by atoms with E-state index in [1.165, 1.54) is 0 Å². The van der Waals surface area contributed by atoms with Gasteiger partial charge in [0.25, 0.3) is 0 Å². The summed E-state index contributed by atoms with van der Waals surface area (Å²) in [6, 6.07) is 6.87. The smallest absolute Gasteiger partial charge is 0.0438 e. The number of hydrogen-bond donors (Lipinski definition) is 0. The molecule has 0 unspecified atom stereocenters. The Hall–Kier alpha value is -0.490. The third kappa shape index (κ3) is 1.46. The lowest BCUT2D eigenvalue weighted by Gasteiger charge is -1.95. The number of hydrogen-bond acceptors (Lipinski definition) is 0. The van der Waals surface area contributed by atoms with Crippen LogP contribution in [0.2, 0.25) is 5.02 Å². The topological polar surface area (TPSA) is 0 Å². The summed E-state index contributed by atoms with van der Waals surface area (Å²) >= 11 is 5.79. The van der Waals surface area contributed by atoms with Crippen molar-refractivity contribution in [3.63, 3.8) is 0 Å². The van der Waals surface area contributed by atoms with E-state index >= 15 is 0 Å². The van der Waals surface area contributed by atoms with Crippen molar-refractivity contribution in [2.75, 3.05) is 0 Å². The lowest BCUT2D eigenvalue weighted by Crippen LogP contribution is -1.76. The van der Waals surface area contributed by atoms with Crippen LogP contribution in [0, 0.1) is 19.9 Å². The van der Waals surface area contributed by atoms with Crippen molar-refractivity contribution in [2.45, 2.75) is 13.8 Å². The summed E-state index contributed by atoms with van der Waals surface area (Å²) in [6.07, 6.45) is 0. The van der Waals surface area contributed by atoms with Gasteiger partial charge in [0.2, 0.25) is 0 Å². The molecule has 0 heterocycles. The van der Waals surface area contributed by atoms with E-state index in [-0.39, 0.29) is 0 Å². The van der Waals surface area contributed by atoms with Crippen LogP contribution in [-0.2, 0) is 0 Å². The normalized spacial score (nSPS) is 9.67. The molecular formula is C8H8Cl. The first-order valence-corrected chi connectivity index (χ1v) is 3.22. The largest absolute Gasteiger partial charge is 0.0840 e. The molecule has 0 atom stereocenters. The molecule has 1 rings (SSSR count). The molecule has 0 aliphatic carbocycles. The molecule has 47 valence electrons. The van der Waals surface area contributed by atoms with E-state index < -0.39 is 0 Å². The predicted octanol–water partition coefficient (Wildman–Crippen LogP) is 2.76. The molecule has 0 fully saturated rings. The molecule has 9 heavy (non-hydrogen) atoms. The van der Waals surface area contributed by atoms with Gasteiger partial charge in [0.05, 0.1) is 0 Å². The summed E-state index contributed by atoms with van der Waals surface area (Å²) in [7, 11) is 0. The van der Waals surface area contributed by atoms with Gasteiger partial charge in [0.15, 0.2) is 0 Å². The lowest BCUT2D eigenvalue weighted by atomic mass is 10.2. The van der Waals surface area contributed by atoms with Gasteiger partial charge in [0, 0.05) is 5.02 Å². The Morgan fingerprint density at radius 1 is 1.44 bits per heavy atom. The van der Waals surface area contributed by atoms with Crippen LogP contribution in [0.15, 0.2) is 12.1 Å². The van der Waals surface area contributed by atoms with E-state index in [0.717, 1.165) is 16.1 Å². The zero-order valence-corrected chi connectivity index (χ0v) is 6.29. The predicted molar refractivity (Wildman–Crippen MR) is 39.8 cm³/mol. The first-order chi connectivity index (χ1) is 4.20. The summed E-state index contributed by atoms with van der Waals surface area (Å²) in [5.74, 6) is 0. The molecule has 1 radical (unpaired) electrons. The molecule has 0 bridgehead atoms. The maximum absolute atomic E-state index is 5.79. The minimum atomic E-state index is 0.825. The highest BCUT2D eigenvalue weighted by molar-refractivity contribution is 6.31. The van der Waals surface area contributed by atoms with Crippen molar-refractivity contribution in [2.24, 2.45) is 0 Å². The minimum Gasteiger partial charge on any atom is -0.0840 e. The lowest BCUT2D eigenvalue weighted by molar-refractivity contribution is 1.39. The summed E-state index contributed by atoms with van der Waals surface area (Å²) in [5.41, 5.74) is 2.17. The van der Waals surface area contributed by atoms with Crippen LogP contribution >= 0.6 is 11.6 Å². The maximum Gasteiger partial charge on any atom is 0.0438 e. The van der Waals surface area contributed by atoms with E-state index in [1.54, 1.807) is 0 Å². The zero-order valence-electron chi connectivity index (χ0n) is 5.53. The third-order valence-electron chi connectivity index (χ3n) is 1.24. The minimum absolute atomic E-state index is 0.825. The van der Waals surface area contributed by atoms with Gasteiger partial charge in [-0.3, -0.25) is 0 Å². The Morgan fingerprint density at radius 2 is 2.11 bits per heavy atom. The maximum atomic E-state index is 5.79. The number of halogens is 1. The Bertz CT molecular complexity index is 216. The van der Waals surface area contributed by atoms with Gasteiger partial charge in [-0.15, -0.1) is 0 Å². The molecule has 0 spiro atoms. The molecule has 0 saturated heterocycles. The molecule has 0 nitrogen and oxygen atoms in total. The number of rotatable bonds is 0. The highest BCUT2D eigenvalue weighted by Gasteiger charge is 1.91. The standard InChI is InChI=1S/C8H8Cl/c1-6-3-4-7(2)8(9)5-6/h4-5H,1-2H3. The highest BCUT2D eigenvalue weighted by atomic mass is 35.5. The third-order valence-corrected chi connectivity index (χ3v) is 1.64. The van der Waals surface area contributed by atoms with Crippen LogP contribution in [0.3, 0.4) is 0 Å². The van der Waals surface area contributed by atoms with Crippen molar-refractivity contribution in [1.29, 1.82) is 0 Å². The van der Waals surface area contributed by atoms with Gasteiger partial charge in [-0.2, -0.15) is 0 Å². The van der Waals surface area contributed by atoms with Crippen LogP contribution in [0.25, 0.3) is 0 Å². The van der Waals surface area contributed by atoms with Gasteiger partial charge in [-0.1, -0.05) is 11.6 Å². The fourth-order valence-corrected chi connectivity index (χ4v) is 0.855. The Labute approximate surface area is 60.5 Å². The molecule has 0 aromatic heterocycles. The fraction of sp³-hybridized carbons (Fsp3) is 0.250. The van der Waals surface area contributed by atoms with Gasteiger partial charge in [0.1, 0.15) is 0 Å². The molecular weight excluding hydrogens is 132 g/mol. The quantitative estimate of drug-likeness (QED) is 0.519. The highest BCUT2D eigenvalue weighted by Crippen LogP contribution is 2.14.